The maximum Gasteiger partial charge on any atom is 0.192 e. The highest BCUT2D eigenvalue weighted by atomic mass is 28.4. The lowest BCUT2D eigenvalue weighted by Crippen LogP contribution is -2.44. The van der Waals surface area contributed by atoms with Crippen LogP contribution in [0.3, 0.4) is 0 Å². The number of hydrogen-bond acceptors (Lipinski definition) is 3. The van der Waals surface area contributed by atoms with E-state index in [9.17, 15) is 0 Å². The van der Waals surface area contributed by atoms with E-state index < -0.39 is 8.32 Å². The van der Waals surface area contributed by atoms with Gasteiger partial charge in [0.2, 0.25) is 0 Å². The van der Waals surface area contributed by atoms with Crippen LogP contribution in [-0.2, 0) is 13.9 Å². The molecule has 1 saturated heterocycles. The molecule has 124 valence electrons. The van der Waals surface area contributed by atoms with Gasteiger partial charge in [-0.15, -0.1) is 0 Å². The lowest BCUT2D eigenvalue weighted by Gasteiger charge is -2.37. The first-order valence-electron chi connectivity index (χ1n) is 8.12. The summed E-state index contributed by atoms with van der Waals surface area (Å²) in [7, 11) is 0.0130. The molecule has 0 unspecified atom stereocenters. The Bertz CT molecular complexity index is 467. The Morgan fingerprint density at radius 3 is 2.36 bits per heavy atom. The van der Waals surface area contributed by atoms with Crippen LogP contribution in [-0.4, -0.2) is 34.2 Å². The van der Waals surface area contributed by atoms with E-state index in [4.69, 9.17) is 13.9 Å². The van der Waals surface area contributed by atoms with Gasteiger partial charge in [-0.3, -0.25) is 0 Å². The van der Waals surface area contributed by atoms with Gasteiger partial charge in [-0.2, -0.15) is 0 Å². The molecule has 3 atom stereocenters. The molecule has 0 bridgehead atoms. The predicted octanol–water partition coefficient (Wildman–Crippen LogP) is 4.55. The van der Waals surface area contributed by atoms with E-state index in [-0.39, 0.29) is 23.4 Å². The third kappa shape index (κ3) is 3.99. The van der Waals surface area contributed by atoms with E-state index in [0.717, 1.165) is 6.42 Å². The van der Waals surface area contributed by atoms with Gasteiger partial charge in [-0.25, -0.2) is 0 Å². The molecule has 0 radical (unpaired) electrons. The second-order valence-corrected chi connectivity index (χ2v) is 12.5. The minimum atomic E-state index is -1.75. The molecule has 1 aliphatic rings. The lowest BCUT2D eigenvalue weighted by molar-refractivity contribution is -0.0316. The van der Waals surface area contributed by atoms with Crippen LogP contribution in [0, 0.1) is 0 Å². The summed E-state index contributed by atoms with van der Waals surface area (Å²) >= 11 is 0. The van der Waals surface area contributed by atoms with E-state index in [1.165, 1.54) is 5.56 Å². The zero-order valence-electron chi connectivity index (χ0n) is 14.8. The summed E-state index contributed by atoms with van der Waals surface area (Å²) in [5.41, 5.74) is 1.22. The molecule has 1 fully saturated rings. The molecule has 2 rings (SSSR count). The molecule has 0 aliphatic carbocycles. The zero-order chi connectivity index (χ0) is 16.4. The van der Waals surface area contributed by atoms with Crippen LogP contribution in [0.5, 0.6) is 0 Å². The number of rotatable bonds is 5. The Morgan fingerprint density at radius 1 is 1.18 bits per heavy atom. The lowest BCUT2D eigenvalue weighted by atomic mass is 10.0. The first-order valence-corrected chi connectivity index (χ1v) is 11.0. The van der Waals surface area contributed by atoms with E-state index >= 15 is 0 Å². The maximum absolute atomic E-state index is 6.33. The smallest absolute Gasteiger partial charge is 0.192 e. The minimum absolute atomic E-state index is 0.0179. The summed E-state index contributed by atoms with van der Waals surface area (Å²) in [6, 6.07) is 10.4. The molecule has 4 heteroatoms. The van der Waals surface area contributed by atoms with Crippen LogP contribution in [0.1, 0.15) is 38.9 Å². The molecule has 0 saturated carbocycles. The molecule has 3 nitrogen and oxygen atoms in total. The monoisotopic (exact) mass is 322 g/mol. The molecular weight excluding hydrogens is 292 g/mol. The molecule has 0 spiro atoms. The normalized spacial score (nSPS) is 26.4. The highest BCUT2D eigenvalue weighted by molar-refractivity contribution is 6.74. The van der Waals surface area contributed by atoms with E-state index in [0.29, 0.717) is 6.61 Å². The van der Waals surface area contributed by atoms with Crippen molar-refractivity contribution in [2.45, 2.75) is 63.6 Å². The summed E-state index contributed by atoms with van der Waals surface area (Å²) in [5.74, 6) is 0. The fourth-order valence-corrected chi connectivity index (χ4v) is 3.51. The van der Waals surface area contributed by atoms with Crippen LogP contribution in [0.2, 0.25) is 18.1 Å². The van der Waals surface area contributed by atoms with Gasteiger partial charge in [-0.1, -0.05) is 51.1 Å². The molecule has 1 aromatic rings. The largest absolute Gasteiger partial charge is 0.414 e. The average Bonchev–Trinajstić information content (AvgIpc) is 2.88. The Labute approximate surface area is 136 Å². The number of ether oxygens (including phenoxy) is 2. The van der Waals surface area contributed by atoms with Crippen molar-refractivity contribution in [2.75, 3.05) is 13.7 Å². The van der Waals surface area contributed by atoms with Crippen LogP contribution in [0.25, 0.3) is 0 Å². The third-order valence-corrected chi connectivity index (χ3v) is 9.59. The van der Waals surface area contributed by atoms with Crippen molar-refractivity contribution >= 4 is 8.32 Å². The number of methoxy groups -OCH3 is 1. The fraction of sp³-hybridized carbons (Fsp3) is 0.667. The van der Waals surface area contributed by atoms with Crippen molar-refractivity contribution in [1.29, 1.82) is 0 Å². The summed E-state index contributed by atoms with van der Waals surface area (Å²) < 4.78 is 18.2. The summed E-state index contributed by atoms with van der Waals surface area (Å²) in [6.07, 6.45) is 1.13. The van der Waals surface area contributed by atoms with Gasteiger partial charge in [0.1, 0.15) is 6.10 Å². The SMILES string of the molecule is CO[C@H]1C[C@@H](c2ccccc2)O[C@@H]1CO[Si](C)(C)C(C)(C)C. The van der Waals surface area contributed by atoms with Gasteiger partial charge in [0.15, 0.2) is 8.32 Å². The molecular formula is C18H30O3Si. The molecule has 1 heterocycles. The second-order valence-electron chi connectivity index (χ2n) is 7.66. The average molecular weight is 323 g/mol. The van der Waals surface area contributed by atoms with Gasteiger partial charge in [-0.05, 0) is 23.7 Å². The quantitative estimate of drug-likeness (QED) is 0.744. The molecule has 1 aliphatic heterocycles. The predicted molar refractivity (Wildman–Crippen MR) is 92.6 cm³/mol. The minimum Gasteiger partial charge on any atom is -0.414 e. The summed E-state index contributed by atoms with van der Waals surface area (Å²) in [6.45, 7) is 12.0. The third-order valence-electron chi connectivity index (χ3n) is 5.09. The van der Waals surface area contributed by atoms with Gasteiger partial charge in [0, 0.05) is 13.5 Å². The Balaban J connectivity index is 1.99. The summed E-state index contributed by atoms with van der Waals surface area (Å²) in [5, 5.41) is 0.215. The Morgan fingerprint density at radius 2 is 1.82 bits per heavy atom. The van der Waals surface area contributed by atoms with E-state index in [1.807, 2.05) is 6.07 Å². The molecule has 1 aromatic carbocycles. The van der Waals surface area contributed by atoms with Gasteiger partial charge < -0.3 is 13.9 Å². The van der Waals surface area contributed by atoms with Gasteiger partial charge in [0.25, 0.3) is 0 Å². The molecule has 0 N–H and O–H groups in total. The Kier molecular flexibility index (Phi) is 5.48. The van der Waals surface area contributed by atoms with Crippen molar-refractivity contribution in [3.05, 3.63) is 35.9 Å². The fourth-order valence-electron chi connectivity index (χ4n) is 2.50. The van der Waals surface area contributed by atoms with Crippen molar-refractivity contribution in [3.8, 4) is 0 Å². The topological polar surface area (TPSA) is 27.7 Å². The van der Waals surface area contributed by atoms with Crippen LogP contribution >= 0.6 is 0 Å². The first-order chi connectivity index (χ1) is 10.2. The first kappa shape index (κ1) is 17.7. The van der Waals surface area contributed by atoms with E-state index in [1.54, 1.807) is 7.11 Å². The number of benzene rings is 1. The molecule has 0 amide bonds. The highest BCUT2D eigenvalue weighted by Gasteiger charge is 2.41. The molecule has 22 heavy (non-hydrogen) atoms. The highest BCUT2D eigenvalue weighted by Crippen LogP contribution is 2.39. The van der Waals surface area contributed by atoms with E-state index in [2.05, 4.69) is 58.1 Å². The van der Waals surface area contributed by atoms with Crippen LogP contribution in [0.4, 0.5) is 0 Å². The zero-order valence-corrected chi connectivity index (χ0v) is 15.8. The van der Waals surface area contributed by atoms with Gasteiger partial charge in [0.05, 0.1) is 18.8 Å². The van der Waals surface area contributed by atoms with Crippen LogP contribution < -0.4 is 0 Å². The van der Waals surface area contributed by atoms with Crippen molar-refractivity contribution in [1.82, 2.24) is 0 Å². The molecule has 0 aromatic heterocycles. The van der Waals surface area contributed by atoms with Gasteiger partial charge >= 0.3 is 0 Å². The second kappa shape index (κ2) is 6.83. The van der Waals surface area contributed by atoms with Crippen molar-refractivity contribution < 1.29 is 13.9 Å². The van der Waals surface area contributed by atoms with Crippen molar-refractivity contribution in [2.24, 2.45) is 0 Å². The Hall–Kier alpha value is -0.683. The maximum atomic E-state index is 6.33. The standard InChI is InChI=1S/C18H30O3Si/c1-18(2,3)22(5,6)20-13-17-16(19-4)12-15(21-17)14-10-8-7-9-11-14/h7-11,15-17H,12-13H2,1-6H3/t15-,16-,17+/m0/s1. The van der Waals surface area contributed by atoms with Crippen molar-refractivity contribution in [3.63, 3.8) is 0 Å². The summed E-state index contributed by atoms with van der Waals surface area (Å²) in [4.78, 5) is 0. The van der Waals surface area contributed by atoms with Crippen LogP contribution in [0.15, 0.2) is 30.3 Å². The number of hydrogen-bond donors (Lipinski definition) is 0.